The lowest BCUT2D eigenvalue weighted by Gasteiger charge is -2.22. The fourth-order valence-electron chi connectivity index (χ4n) is 4.29. The van der Waals surface area contributed by atoms with Crippen molar-refractivity contribution < 1.29 is 4.79 Å². The lowest BCUT2D eigenvalue weighted by molar-refractivity contribution is -0.124. The number of fused-ring (bicyclic) bond motifs is 1. The fraction of sp³-hybridized carbons (Fsp3) is 0.350. The molecule has 132 valence electrons. The molecule has 1 aromatic carbocycles. The van der Waals surface area contributed by atoms with E-state index in [4.69, 9.17) is 0 Å². The molecule has 3 aromatic rings. The third kappa shape index (κ3) is 2.25. The van der Waals surface area contributed by atoms with Crippen LogP contribution in [0.3, 0.4) is 0 Å². The van der Waals surface area contributed by atoms with E-state index in [0.29, 0.717) is 0 Å². The highest BCUT2D eigenvalue weighted by atomic mass is 16.2. The van der Waals surface area contributed by atoms with Gasteiger partial charge in [-0.05, 0) is 56.6 Å². The van der Waals surface area contributed by atoms with Gasteiger partial charge in [-0.15, -0.1) is 0 Å². The molecule has 6 nitrogen and oxygen atoms in total. The van der Waals surface area contributed by atoms with Gasteiger partial charge < -0.3 is 10.2 Å². The molecular weight excluding hydrogens is 326 g/mol. The van der Waals surface area contributed by atoms with E-state index >= 15 is 0 Å². The number of aryl methyl sites for hydroxylation is 1. The van der Waals surface area contributed by atoms with E-state index in [1.165, 1.54) is 0 Å². The zero-order valence-electron chi connectivity index (χ0n) is 14.7. The zero-order chi connectivity index (χ0) is 17.7. The van der Waals surface area contributed by atoms with Gasteiger partial charge in [0.15, 0.2) is 0 Å². The van der Waals surface area contributed by atoms with Gasteiger partial charge in [0, 0.05) is 41.6 Å². The smallest absolute Gasteiger partial charge is 0.234 e. The van der Waals surface area contributed by atoms with Crippen LogP contribution in [0.25, 0.3) is 22.2 Å². The molecule has 1 atom stereocenters. The number of nitrogens with zero attached hydrogens (tertiary/aromatic N) is 3. The predicted octanol–water partition coefficient (Wildman–Crippen LogP) is 2.65. The van der Waals surface area contributed by atoms with Crippen molar-refractivity contribution in [1.29, 1.82) is 0 Å². The number of nitrogens with one attached hydrogen (secondary N) is 2. The van der Waals surface area contributed by atoms with Gasteiger partial charge in [-0.2, -0.15) is 5.10 Å². The number of amides is 1. The molecule has 2 aliphatic rings. The second kappa shape index (κ2) is 5.64. The molecule has 0 bridgehead atoms. The number of aromatic nitrogens is 3. The van der Waals surface area contributed by atoms with E-state index in [1.54, 1.807) is 6.20 Å². The van der Waals surface area contributed by atoms with Crippen LogP contribution in [0.15, 0.2) is 36.5 Å². The summed E-state index contributed by atoms with van der Waals surface area (Å²) in [6, 6.07) is 10.1. The molecule has 5 rings (SSSR count). The second-order valence-electron chi connectivity index (χ2n) is 7.40. The van der Waals surface area contributed by atoms with Gasteiger partial charge in [-0.3, -0.25) is 14.9 Å². The van der Waals surface area contributed by atoms with Crippen LogP contribution in [-0.2, 0) is 4.79 Å². The Morgan fingerprint density at radius 2 is 2.12 bits per heavy atom. The van der Waals surface area contributed by atoms with Crippen LogP contribution >= 0.6 is 0 Å². The number of aromatic amines is 1. The lowest BCUT2D eigenvalue weighted by Crippen LogP contribution is -2.36. The first-order valence-corrected chi connectivity index (χ1v) is 9.10. The van der Waals surface area contributed by atoms with Crippen LogP contribution in [0.5, 0.6) is 0 Å². The van der Waals surface area contributed by atoms with Gasteiger partial charge in [0.25, 0.3) is 0 Å². The van der Waals surface area contributed by atoms with Crippen LogP contribution in [0, 0.1) is 12.3 Å². The van der Waals surface area contributed by atoms with Gasteiger partial charge in [0.05, 0.1) is 10.9 Å². The molecule has 0 saturated carbocycles. The maximum Gasteiger partial charge on any atom is 0.234 e. The quantitative estimate of drug-likeness (QED) is 0.747. The molecule has 2 fully saturated rings. The van der Waals surface area contributed by atoms with Crippen LogP contribution in [0.1, 0.15) is 18.5 Å². The van der Waals surface area contributed by atoms with Crippen molar-refractivity contribution in [2.75, 3.05) is 24.5 Å². The highest BCUT2D eigenvalue weighted by molar-refractivity contribution is 6.03. The maximum absolute atomic E-state index is 13.1. The van der Waals surface area contributed by atoms with E-state index in [9.17, 15) is 4.79 Å². The first-order valence-electron chi connectivity index (χ1n) is 9.10. The first-order chi connectivity index (χ1) is 12.7. The molecule has 0 aliphatic carbocycles. The SMILES string of the molecule is Cc1cc(-c2n[nH]c3ccc(N4CC[C@]5(CCNC5)C4=O)cc23)ccn1. The molecule has 2 aliphatic heterocycles. The summed E-state index contributed by atoms with van der Waals surface area (Å²) in [6.07, 6.45) is 3.67. The molecule has 1 amide bonds. The lowest BCUT2D eigenvalue weighted by atomic mass is 9.86. The minimum atomic E-state index is -0.198. The van der Waals surface area contributed by atoms with Crippen molar-refractivity contribution in [2.24, 2.45) is 5.41 Å². The molecule has 4 heterocycles. The van der Waals surface area contributed by atoms with E-state index in [1.807, 2.05) is 36.1 Å². The summed E-state index contributed by atoms with van der Waals surface area (Å²) in [7, 11) is 0. The Kier molecular flexibility index (Phi) is 3.37. The third-order valence-corrected chi connectivity index (χ3v) is 5.78. The van der Waals surface area contributed by atoms with Crippen molar-refractivity contribution in [3.8, 4) is 11.3 Å². The van der Waals surface area contributed by atoms with Crippen molar-refractivity contribution in [3.63, 3.8) is 0 Å². The van der Waals surface area contributed by atoms with Gasteiger partial charge in [0.1, 0.15) is 5.69 Å². The normalized spacial score (nSPS) is 22.8. The second-order valence-corrected chi connectivity index (χ2v) is 7.40. The zero-order valence-corrected chi connectivity index (χ0v) is 14.7. The number of benzene rings is 1. The molecule has 1 spiro atoms. The topological polar surface area (TPSA) is 73.9 Å². The standard InChI is InChI=1S/C20H21N5O/c1-13-10-14(4-7-22-13)18-16-11-15(2-3-17(16)23-24-18)25-9-6-20(19(25)26)5-8-21-12-20/h2-4,7,10-11,21H,5-6,8-9,12H2,1H3,(H,23,24)/t20-/m0/s1. The Morgan fingerprint density at radius 1 is 1.19 bits per heavy atom. The summed E-state index contributed by atoms with van der Waals surface area (Å²) in [4.78, 5) is 19.3. The molecule has 2 N–H and O–H groups in total. The molecule has 26 heavy (non-hydrogen) atoms. The number of carbonyl (C=O) groups excluding carboxylic acids is 1. The van der Waals surface area contributed by atoms with E-state index in [-0.39, 0.29) is 11.3 Å². The van der Waals surface area contributed by atoms with Gasteiger partial charge in [-0.25, -0.2) is 0 Å². The van der Waals surface area contributed by atoms with Gasteiger partial charge in [-0.1, -0.05) is 0 Å². The minimum absolute atomic E-state index is 0.198. The number of H-pyrrole nitrogens is 1. The Labute approximate surface area is 151 Å². The monoisotopic (exact) mass is 347 g/mol. The van der Waals surface area contributed by atoms with Gasteiger partial charge >= 0.3 is 0 Å². The van der Waals surface area contributed by atoms with Crippen molar-refractivity contribution >= 4 is 22.5 Å². The van der Waals surface area contributed by atoms with Crippen LogP contribution in [-0.4, -0.2) is 40.7 Å². The van der Waals surface area contributed by atoms with Crippen molar-refractivity contribution in [1.82, 2.24) is 20.5 Å². The summed E-state index contributed by atoms with van der Waals surface area (Å²) in [5.41, 5.74) is 4.62. The van der Waals surface area contributed by atoms with Crippen LogP contribution in [0.2, 0.25) is 0 Å². The summed E-state index contributed by atoms with van der Waals surface area (Å²) in [5, 5.41) is 12.0. The Balaban J connectivity index is 1.56. The number of carbonyl (C=O) groups is 1. The minimum Gasteiger partial charge on any atom is -0.316 e. The summed E-state index contributed by atoms with van der Waals surface area (Å²) >= 11 is 0. The molecule has 0 radical (unpaired) electrons. The van der Waals surface area contributed by atoms with Crippen molar-refractivity contribution in [3.05, 3.63) is 42.2 Å². The summed E-state index contributed by atoms with van der Waals surface area (Å²) in [6.45, 7) is 4.50. The molecular formula is C20H21N5O. The number of rotatable bonds is 2. The third-order valence-electron chi connectivity index (χ3n) is 5.78. The first kappa shape index (κ1) is 15.5. The van der Waals surface area contributed by atoms with E-state index < -0.39 is 0 Å². The number of hydrogen-bond donors (Lipinski definition) is 2. The molecule has 0 unspecified atom stereocenters. The Bertz CT molecular complexity index is 1000. The largest absolute Gasteiger partial charge is 0.316 e. The number of pyridine rings is 1. The Morgan fingerprint density at radius 3 is 2.92 bits per heavy atom. The van der Waals surface area contributed by atoms with Crippen LogP contribution in [0.4, 0.5) is 5.69 Å². The molecule has 2 aromatic heterocycles. The maximum atomic E-state index is 13.1. The molecule has 6 heteroatoms. The predicted molar refractivity (Wildman–Crippen MR) is 101 cm³/mol. The Hall–Kier alpha value is -2.73. The summed E-state index contributed by atoms with van der Waals surface area (Å²) < 4.78 is 0. The average molecular weight is 347 g/mol. The average Bonchev–Trinajstić information content (AvgIpc) is 3.36. The van der Waals surface area contributed by atoms with Crippen LogP contribution < -0.4 is 10.2 Å². The van der Waals surface area contributed by atoms with Gasteiger partial charge in [0.2, 0.25) is 5.91 Å². The number of anilines is 1. The van der Waals surface area contributed by atoms with E-state index in [0.717, 1.165) is 66.0 Å². The number of hydrogen-bond acceptors (Lipinski definition) is 4. The fourth-order valence-corrected chi connectivity index (χ4v) is 4.29. The summed E-state index contributed by atoms with van der Waals surface area (Å²) in [5.74, 6) is 0.256. The highest BCUT2D eigenvalue weighted by Gasteiger charge is 2.48. The van der Waals surface area contributed by atoms with Crippen molar-refractivity contribution in [2.45, 2.75) is 19.8 Å². The highest BCUT2D eigenvalue weighted by Crippen LogP contribution is 2.40. The van der Waals surface area contributed by atoms with E-state index in [2.05, 4.69) is 26.6 Å². The molecule has 2 saturated heterocycles.